The molecule has 1 amide bonds. The maximum Gasteiger partial charge on any atom is 0.490 e. The Morgan fingerprint density at radius 1 is 1.23 bits per heavy atom. The first kappa shape index (κ1) is 28.1. The number of amides is 1. The zero-order chi connectivity index (χ0) is 26.8. The van der Waals surface area contributed by atoms with E-state index in [0.29, 0.717) is 13.0 Å². The molecule has 2 aromatic rings. The molecule has 0 aliphatic carbocycles. The van der Waals surface area contributed by atoms with E-state index >= 15 is 0 Å². The first-order valence-corrected chi connectivity index (χ1v) is 11.6. The molecule has 4 N–H and O–H groups in total. The van der Waals surface area contributed by atoms with E-state index in [9.17, 15) is 39.6 Å². The molecule has 194 valence electrons. The minimum absolute atomic E-state index is 0.0201. The predicted octanol–water partition coefficient (Wildman–Crippen LogP) is 2.58. The number of carboxylic acid groups (broad SMARTS) is 1. The average Bonchev–Trinajstić information content (AvgIpc) is 3.33. The Bertz CT molecular complexity index is 1190. The van der Waals surface area contributed by atoms with Crippen molar-refractivity contribution < 1.29 is 53.9 Å². The zero-order valence-electron chi connectivity index (χ0n) is 17.8. The molecule has 0 saturated carbocycles. The third-order valence-corrected chi connectivity index (χ3v) is 5.68. The number of carbonyl (C=O) groups excluding carboxylic acids is 1. The normalized spacial score (nSPS) is 18.6. The summed E-state index contributed by atoms with van der Waals surface area (Å²) in [5.41, 5.74) is 4.73. The predicted molar refractivity (Wildman–Crippen MR) is 108 cm³/mol. The van der Waals surface area contributed by atoms with Crippen molar-refractivity contribution in [2.24, 2.45) is 5.73 Å². The first-order valence-electron chi connectivity index (χ1n) is 9.58. The summed E-state index contributed by atoms with van der Waals surface area (Å²) in [7, 11) is -3.21. The van der Waals surface area contributed by atoms with E-state index < -0.39 is 45.5 Å². The second-order valence-electron chi connectivity index (χ2n) is 7.61. The quantitative estimate of drug-likeness (QED) is 0.498. The molecular weight excluding hydrogens is 512 g/mol. The van der Waals surface area contributed by atoms with Crippen LogP contribution in [-0.4, -0.2) is 61.2 Å². The van der Waals surface area contributed by atoms with Crippen LogP contribution in [0.5, 0.6) is 0 Å². The van der Waals surface area contributed by atoms with Crippen LogP contribution in [0.15, 0.2) is 28.7 Å². The number of hydrogen-bond donors (Lipinski definition) is 3. The van der Waals surface area contributed by atoms with Gasteiger partial charge in [0.1, 0.15) is 9.84 Å². The second kappa shape index (κ2) is 10.2. The van der Waals surface area contributed by atoms with Gasteiger partial charge in [0.15, 0.2) is 5.76 Å². The van der Waals surface area contributed by atoms with Crippen LogP contribution in [0.3, 0.4) is 0 Å². The average molecular weight is 531 g/mol. The summed E-state index contributed by atoms with van der Waals surface area (Å²) >= 11 is 0. The Balaban J connectivity index is 0.000000540. The minimum atomic E-state index is -5.08. The van der Waals surface area contributed by atoms with Crippen molar-refractivity contribution in [1.82, 2.24) is 10.3 Å². The fourth-order valence-electron chi connectivity index (χ4n) is 3.28. The van der Waals surface area contributed by atoms with E-state index in [0.717, 1.165) is 18.4 Å². The lowest BCUT2D eigenvalue weighted by atomic mass is 9.97. The van der Waals surface area contributed by atoms with Crippen molar-refractivity contribution in [2.45, 2.75) is 30.7 Å². The summed E-state index contributed by atoms with van der Waals surface area (Å²) in [4.78, 5) is 24.5. The van der Waals surface area contributed by atoms with Gasteiger partial charge in [-0.2, -0.15) is 26.3 Å². The Morgan fingerprint density at radius 2 is 1.83 bits per heavy atom. The third kappa shape index (κ3) is 7.95. The molecule has 1 fully saturated rings. The number of alkyl halides is 6. The van der Waals surface area contributed by atoms with Gasteiger partial charge < -0.3 is 20.6 Å². The number of nitrogens with zero attached hydrogens (tertiary/aromatic N) is 1. The number of nitrogens with two attached hydrogens (primary N) is 1. The number of oxazole rings is 1. The molecule has 9 nitrogen and oxygen atoms in total. The zero-order valence-corrected chi connectivity index (χ0v) is 18.6. The molecule has 3 rings (SSSR count). The number of carboxylic acids is 1. The number of sulfone groups is 1. The highest BCUT2D eigenvalue weighted by Crippen LogP contribution is 2.37. The Morgan fingerprint density at radius 3 is 2.31 bits per heavy atom. The van der Waals surface area contributed by atoms with Gasteiger partial charge in [-0.3, -0.25) is 4.79 Å². The van der Waals surface area contributed by atoms with Crippen LogP contribution in [0.4, 0.5) is 26.3 Å². The van der Waals surface area contributed by atoms with Crippen LogP contribution in [0, 0.1) is 0 Å². The van der Waals surface area contributed by atoms with Crippen LogP contribution < -0.4 is 11.1 Å². The summed E-state index contributed by atoms with van der Waals surface area (Å²) in [5, 5.41) is 10.2. The van der Waals surface area contributed by atoms with E-state index in [2.05, 4.69) is 10.3 Å². The summed E-state index contributed by atoms with van der Waals surface area (Å²) in [6.45, 7) is 0.344. The number of benzene rings is 1. The molecule has 1 saturated heterocycles. The summed E-state index contributed by atoms with van der Waals surface area (Å²) in [6.07, 6.45) is -8.13. The van der Waals surface area contributed by atoms with Gasteiger partial charge in [-0.25, -0.2) is 18.2 Å². The van der Waals surface area contributed by atoms with Gasteiger partial charge in [-0.1, -0.05) is 12.1 Å². The number of rotatable bonds is 5. The van der Waals surface area contributed by atoms with Crippen molar-refractivity contribution in [2.75, 3.05) is 18.6 Å². The number of primary amides is 1. The standard InChI is InChI=1S/C17H18F3N3O4S.C2HF3O2/c1-28(25,26)8-12-6-10(7-22-12)13-14(27-16(23-13)15(21)24)9-3-2-4-11(5-9)17(18,19)20;3-2(4,5)1(6)7/h2-5,10,12,22H,6-8H2,1H3,(H2,21,24);(H,6,7)/t10-,12+;/m1./s1. The molecule has 2 atom stereocenters. The lowest BCUT2D eigenvalue weighted by Crippen LogP contribution is -2.29. The molecule has 1 aromatic carbocycles. The van der Waals surface area contributed by atoms with Crippen molar-refractivity contribution >= 4 is 21.7 Å². The van der Waals surface area contributed by atoms with Crippen LogP contribution in [0.2, 0.25) is 0 Å². The highest BCUT2D eigenvalue weighted by atomic mass is 32.2. The molecule has 0 radical (unpaired) electrons. The lowest BCUT2D eigenvalue weighted by molar-refractivity contribution is -0.192. The third-order valence-electron chi connectivity index (χ3n) is 4.67. The molecule has 0 spiro atoms. The molecule has 1 aliphatic rings. The molecular formula is C19H19F6N3O6S. The van der Waals surface area contributed by atoms with Crippen molar-refractivity contribution in [3.8, 4) is 11.3 Å². The van der Waals surface area contributed by atoms with E-state index in [4.69, 9.17) is 20.1 Å². The topological polar surface area (TPSA) is 153 Å². The number of aliphatic carboxylic acids is 1. The monoisotopic (exact) mass is 531 g/mol. The summed E-state index contributed by atoms with van der Waals surface area (Å²) < 4.78 is 99.2. The number of hydrogen-bond acceptors (Lipinski definition) is 7. The number of halogens is 6. The van der Waals surface area contributed by atoms with Gasteiger partial charge in [0, 0.05) is 30.3 Å². The molecule has 16 heteroatoms. The van der Waals surface area contributed by atoms with E-state index in [-0.39, 0.29) is 34.7 Å². The van der Waals surface area contributed by atoms with E-state index in [1.54, 1.807) is 0 Å². The Labute approximate surface area is 194 Å². The molecule has 1 aliphatic heterocycles. The van der Waals surface area contributed by atoms with Crippen LogP contribution >= 0.6 is 0 Å². The lowest BCUT2D eigenvalue weighted by Gasteiger charge is -2.11. The highest BCUT2D eigenvalue weighted by molar-refractivity contribution is 7.90. The van der Waals surface area contributed by atoms with E-state index in [1.165, 1.54) is 12.1 Å². The highest BCUT2D eigenvalue weighted by Gasteiger charge is 2.38. The molecule has 1 aromatic heterocycles. The fraction of sp³-hybridized carbons (Fsp3) is 0.421. The molecule has 35 heavy (non-hydrogen) atoms. The van der Waals surface area contributed by atoms with Gasteiger partial charge in [0.05, 0.1) is 17.0 Å². The maximum absolute atomic E-state index is 13.0. The first-order chi connectivity index (χ1) is 15.9. The largest absolute Gasteiger partial charge is 0.490 e. The smallest absolute Gasteiger partial charge is 0.475 e. The Kier molecular flexibility index (Phi) is 8.21. The van der Waals surface area contributed by atoms with Gasteiger partial charge in [-0.15, -0.1) is 0 Å². The van der Waals surface area contributed by atoms with Gasteiger partial charge in [-0.05, 0) is 18.6 Å². The molecule has 2 heterocycles. The fourth-order valence-corrected chi connectivity index (χ4v) is 4.26. The van der Waals surface area contributed by atoms with Crippen molar-refractivity contribution in [3.05, 3.63) is 41.4 Å². The number of nitrogens with one attached hydrogen (secondary N) is 1. The van der Waals surface area contributed by atoms with Crippen LogP contribution in [0.25, 0.3) is 11.3 Å². The van der Waals surface area contributed by atoms with Crippen molar-refractivity contribution in [1.29, 1.82) is 0 Å². The SMILES string of the molecule is CS(=O)(=O)C[C@@H]1C[C@@H](c2nc(C(N)=O)oc2-c2cccc(C(F)(F)F)c2)CN1.O=C(O)C(F)(F)F. The summed E-state index contributed by atoms with van der Waals surface area (Å²) in [5.74, 6) is -4.51. The van der Waals surface area contributed by atoms with E-state index in [1.807, 2.05) is 0 Å². The molecule has 0 unspecified atom stereocenters. The van der Waals surface area contributed by atoms with Gasteiger partial charge in [0.2, 0.25) is 0 Å². The van der Waals surface area contributed by atoms with Crippen LogP contribution in [-0.2, 0) is 20.8 Å². The number of aromatic nitrogens is 1. The minimum Gasteiger partial charge on any atom is -0.475 e. The molecule has 0 bridgehead atoms. The van der Waals surface area contributed by atoms with Crippen LogP contribution in [0.1, 0.15) is 34.3 Å². The summed E-state index contributed by atoms with van der Waals surface area (Å²) in [6, 6.07) is 4.15. The Hall–Kier alpha value is -3.14. The van der Waals surface area contributed by atoms with Crippen molar-refractivity contribution in [3.63, 3.8) is 0 Å². The maximum atomic E-state index is 13.0. The number of carbonyl (C=O) groups is 2. The second-order valence-corrected chi connectivity index (χ2v) is 9.79. The van der Waals surface area contributed by atoms with Gasteiger partial charge >= 0.3 is 24.2 Å². The van der Waals surface area contributed by atoms with Gasteiger partial charge in [0.25, 0.3) is 5.89 Å².